The molecule has 0 heterocycles. The second-order valence-electron chi connectivity index (χ2n) is 2.72. The maximum Gasteiger partial charge on any atom is 0.271 e. The number of carbonyl (C=O) groups excluding carboxylic acids is 1. The maximum atomic E-state index is 11.1. The van der Waals surface area contributed by atoms with E-state index < -0.39 is 10.8 Å². The summed E-state index contributed by atoms with van der Waals surface area (Å²) in [6, 6.07) is 2.60. The molecule has 0 aliphatic heterocycles. The molecule has 8 heteroatoms. The van der Waals surface area contributed by atoms with Gasteiger partial charge in [0.05, 0.1) is 10.6 Å². The first-order valence-corrected chi connectivity index (χ1v) is 6.07. The van der Waals surface area contributed by atoms with Crippen LogP contribution in [0.15, 0.2) is 21.1 Å². The molecule has 0 saturated heterocycles. The highest BCUT2D eigenvalue weighted by Gasteiger charge is 2.15. The summed E-state index contributed by atoms with van der Waals surface area (Å²) in [5, 5.41) is 13.1. The summed E-state index contributed by atoms with van der Waals surface area (Å²) in [6.07, 6.45) is 0. The predicted molar refractivity (Wildman–Crippen MR) is 67.8 cm³/mol. The van der Waals surface area contributed by atoms with Crippen molar-refractivity contribution in [3.8, 4) is 0 Å². The van der Waals surface area contributed by atoms with Crippen molar-refractivity contribution in [3.63, 3.8) is 0 Å². The fourth-order valence-corrected chi connectivity index (χ4v) is 2.38. The second kappa shape index (κ2) is 5.60. The largest absolute Gasteiger partial charge is 0.323 e. The first-order valence-electron chi connectivity index (χ1n) is 3.95. The molecular weight excluding hydrogens is 367 g/mol. The topological polar surface area (TPSA) is 72.2 Å². The molecule has 0 aliphatic carbocycles. The monoisotopic (exact) mass is 370 g/mol. The normalized spacial score (nSPS) is 9.94. The van der Waals surface area contributed by atoms with Crippen LogP contribution in [0.5, 0.6) is 0 Å². The van der Waals surface area contributed by atoms with Gasteiger partial charge in [-0.25, -0.2) is 0 Å². The van der Waals surface area contributed by atoms with Crippen molar-refractivity contribution in [3.05, 3.63) is 31.2 Å². The van der Waals surface area contributed by atoms with Gasteiger partial charge in [-0.1, -0.05) is 0 Å². The second-order valence-corrected chi connectivity index (χ2v) is 4.70. The predicted octanol–water partition coefficient (Wildman–Crippen LogP) is 3.30. The van der Waals surface area contributed by atoms with Crippen molar-refractivity contribution in [2.45, 2.75) is 0 Å². The Bertz CT molecular complexity index is 430. The van der Waals surface area contributed by atoms with Crippen molar-refractivity contribution in [2.75, 3.05) is 11.2 Å². The van der Waals surface area contributed by atoms with E-state index in [9.17, 15) is 14.9 Å². The molecule has 1 aromatic rings. The number of non-ortho nitro benzene ring substituents is 1. The number of nitrogens with one attached hydrogen (secondary N) is 1. The lowest BCUT2D eigenvalue weighted by Crippen LogP contribution is -2.13. The van der Waals surface area contributed by atoms with Crippen molar-refractivity contribution >= 4 is 60.7 Å². The summed E-state index contributed by atoms with van der Waals surface area (Å²) in [5.74, 6) is -0.576. The molecule has 0 atom stereocenters. The third-order valence-corrected chi connectivity index (χ3v) is 3.12. The molecule has 0 radical (unpaired) electrons. The number of rotatable bonds is 3. The summed E-state index contributed by atoms with van der Waals surface area (Å²) in [5.41, 5.74) is 0.332. The van der Waals surface area contributed by atoms with Crippen molar-refractivity contribution < 1.29 is 9.72 Å². The van der Waals surface area contributed by atoms with Gasteiger partial charge in [0.15, 0.2) is 0 Å². The van der Waals surface area contributed by atoms with Crippen LogP contribution in [-0.4, -0.2) is 16.7 Å². The zero-order chi connectivity index (χ0) is 12.3. The van der Waals surface area contributed by atoms with Crippen LogP contribution in [0.2, 0.25) is 0 Å². The zero-order valence-electron chi connectivity index (χ0n) is 7.67. The van der Waals surface area contributed by atoms with E-state index in [1.165, 1.54) is 12.1 Å². The fourth-order valence-electron chi connectivity index (χ4n) is 0.957. The first-order chi connectivity index (χ1) is 7.45. The number of nitro benzene ring substituents is 1. The van der Waals surface area contributed by atoms with Crippen LogP contribution in [0.4, 0.5) is 11.4 Å². The van der Waals surface area contributed by atoms with E-state index >= 15 is 0 Å². The van der Waals surface area contributed by atoms with Crippen molar-refractivity contribution in [1.29, 1.82) is 0 Å². The minimum absolute atomic E-state index is 0.0809. The lowest BCUT2D eigenvalue weighted by Gasteiger charge is -2.08. The summed E-state index contributed by atoms with van der Waals surface area (Å²) in [7, 11) is 0. The smallest absolute Gasteiger partial charge is 0.271 e. The maximum absolute atomic E-state index is 11.1. The van der Waals surface area contributed by atoms with Gasteiger partial charge < -0.3 is 5.32 Å². The van der Waals surface area contributed by atoms with Gasteiger partial charge in [-0.15, -0.1) is 11.6 Å². The van der Waals surface area contributed by atoms with Gasteiger partial charge in [0.2, 0.25) is 5.91 Å². The Morgan fingerprint density at radius 3 is 2.31 bits per heavy atom. The van der Waals surface area contributed by atoms with Crippen LogP contribution in [0.3, 0.4) is 0 Å². The van der Waals surface area contributed by atoms with Gasteiger partial charge in [-0.05, 0) is 31.9 Å². The van der Waals surface area contributed by atoms with Gasteiger partial charge in [0.1, 0.15) is 5.88 Å². The van der Waals surface area contributed by atoms with E-state index in [1.807, 2.05) is 0 Å². The van der Waals surface area contributed by atoms with Gasteiger partial charge in [-0.2, -0.15) is 0 Å². The van der Waals surface area contributed by atoms with Crippen LogP contribution in [0, 0.1) is 10.1 Å². The Morgan fingerprint density at radius 1 is 1.44 bits per heavy atom. The summed E-state index contributed by atoms with van der Waals surface area (Å²) >= 11 is 11.6. The van der Waals surface area contributed by atoms with Crippen molar-refractivity contribution in [2.24, 2.45) is 0 Å². The number of hydrogen-bond donors (Lipinski definition) is 1. The molecule has 0 unspecified atom stereocenters. The van der Waals surface area contributed by atoms with Gasteiger partial charge in [0.25, 0.3) is 5.69 Å². The standard InChI is InChI=1S/C8H5Br2ClN2O3/c9-5-1-4(13(15)16)2-6(10)8(5)12-7(14)3-11/h1-2H,3H2,(H,12,14). The Hall–Kier alpha value is -0.660. The molecule has 1 N–H and O–H groups in total. The number of anilines is 1. The molecule has 0 bridgehead atoms. The number of nitrogens with zero attached hydrogens (tertiary/aromatic N) is 1. The van der Waals surface area contributed by atoms with Crippen LogP contribution in [0.1, 0.15) is 0 Å². The number of amides is 1. The molecule has 1 rings (SSSR count). The number of carbonyl (C=O) groups is 1. The van der Waals surface area contributed by atoms with Gasteiger partial charge in [0, 0.05) is 21.1 Å². The van der Waals surface area contributed by atoms with Crippen LogP contribution >= 0.6 is 43.5 Å². The molecule has 0 aliphatic rings. The molecule has 0 aromatic heterocycles. The van der Waals surface area contributed by atoms with Crippen LogP contribution in [-0.2, 0) is 4.79 Å². The highest BCUT2D eigenvalue weighted by atomic mass is 79.9. The molecular formula is C8H5Br2ClN2O3. The molecule has 86 valence electrons. The molecule has 5 nitrogen and oxygen atoms in total. The van der Waals surface area contributed by atoms with E-state index in [2.05, 4.69) is 37.2 Å². The zero-order valence-corrected chi connectivity index (χ0v) is 11.6. The number of halogens is 3. The molecule has 0 spiro atoms. The molecule has 1 amide bonds. The van der Waals surface area contributed by atoms with Crippen LogP contribution < -0.4 is 5.32 Å². The Labute approximate surface area is 113 Å². The molecule has 1 aromatic carbocycles. The first kappa shape index (κ1) is 13.4. The lowest BCUT2D eigenvalue weighted by atomic mass is 10.3. The minimum Gasteiger partial charge on any atom is -0.323 e. The number of alkyl halides is 1. The average molecular weight is 372 g/mol. The number of hydrogen-bond acceptors (Lipinski definition) is 3. The third-order valence-electron chi connectivity index (χ3n) is 1.62. The quantitative estimate of drug-likeness (QED) is 0.503. The van der Waals surface area contributed by atoms with Crippen LogP contribution in [0.25, 0.3) is 0 Å². The Kier molecular flexibility index (Phi) is 4.69. The highest BCUT2D eigenvalue weighted by Crippen LogP contribution is 2.35. The summed E-state index contributed by atoms with van der Waals surface area (Å²) < 4.78 is 0.819. The van der Waals surface area contributed by atoms with E-state index in [1.54, 1.807) is 0 Å². The van der Waals surface area contributed by atoms with E-state index in [0.29, 0.717) is 14.6 Å². The van der Waals surface area contributed by atoms with Gasteiger partial charge >= 0.3 is 0 Å². The molecule has 0 fully saturated rings. The number of nitro groups is 1. The average Bonchev–Trinajstić information content (AvgIpc) is 2.22. The Balaban J connectivity index is 3.12. The van der Waals surface area contributed by atoms with E-state index in [0.717, 1.165) is 0 Å². The molecule has 16 heavy (non-hydrogen) atoms. The summed E-state index contributed by atoms with van der Waals surface area (Å²) in [4.78, 5) is 21.1. The van der Waals surface area contributed by atoms with Gasteiger partial charge in [-0.3, -0.25) is 14.9 Å². The van der Waals surface area contributed by atoms with E-state index in [4.69, 9.17) is 11.6 Å². The van der Waals surface area contributed by atoms with Crippen molar-refractivity contribution in [1.82, 2.24) is 0 Å². The summed E-state index contributed by atoms with van der Waals surface area (Å²) in [6.45, 7) is 0. The number of benzene rings is 1. The lowest BCUT2D eigenvalue weighted by molar-refractivity contribution is -0.385. The Morgan fingerprint density at radius 2 is 1.94 bits per heavy atom. The SMILES string of the molecule is O=C(CCl)Nc1c(Br)cc([N+](=O)[O-])cc1Br. The third kappa shape index (κ3) is 3.16. The molecule has 0 saturated carbocycles. The van der Waals surface area contributed by atoms with E-state index in [-0.39, 0.29) is 11.6 Å². The minimum atomic E-state index is -0.525. The fraction of sp³-hybridized carbons (Fsp3) is 0.125. The highest BCUT2D eigenvalue weighted by molar-refractivity contribution is 9.11.